The molecular weight excluding hydrogens is 258 g/mol. The molecule has 6 nitrogen and oxygen atoms in total. The maximum Gasteiger partial charge on any atom is 0.262 e. The van der Waals surface area contributed by atoms with Crippen LogP contribution < -0.4 is 21.1 Å². The number of ether oxygens (including phenoxy) is 1. The molecular formula is C14H19N3O3. The van der Waals surface area contributed by atoms with Gasteiger partial charge in [-0.3, -0.25) is 9.59 Å². The number of anilines is 2. The fourth-order valence-electron chi connectivity index (χ4n) is 1.95. The number of nitrogens with one attached hydrogen (secondary N) is 2. The van der Waals surface area contributed by atoms with Gasteiger partial charge in [0.15, 0.2) is 6.61 Å². The first kappa shape index (κ1) is 14.3. The van der Waals surface area contributed by atoms with E-state index in [1.54, 1.807) is 18.2 Å². The molecule has 0 unspecified atom stereocenters. The number of rotatable bonds is 5. The van der Waals surface area contributed by atoms with Crippen molar-refractivity contribution in [1.82, 2.24) is 0 Å². The molecule has 0 saturated carbocycles. The number of nitrogens with two attached hydrogens (primary N) is 1. The van der Waals surface area contributed by atoms with Gasteiger partial charge < -0.3 is 21.1 Å². The third kappa shape index (κ3) is 3.48. The molecule has 6 heteroatoms. The molecule has 1 aromatic rings. The molecule has 0 aromatic heterocycles. The summed E-state index contributed by atoms with van der Waals surface area (Å²) in [4.78, 5) is 23.1. The summed E-state index contributed by atoms with van der Waals surface area (Å²) in [5, 5.41) is 5.44. The molecule has 0 saturated heterocycles. The smallest absolute Gasteiger partial charge is 0.262 e. The second-order valence-electron chi connectivity index (χ2n) is 4.79. The van der Waals surface area contributed by atoms with Crippen LogP contribution in [0, 0.1) is 0 Å². The molecule has 108 valence electrons. The highest BCUT2D eigenvalue weighted by Crippen LogP contribution is 2.30. The summed E-state index contributed by atoms with van der Waals surface area (Å²) in [7, 11) is 0. The number of hydrogen-bond donors (Lipinski definition) is 3. The Balaban J connectivity index is 2.01. The van der Waals surface area contributed by atoms with E-state index in [0.29, 0.717) is 23.5 Å². The van der Waals surface area contributed by atoms with E-state index >= 15 is 0 Å². The molecule has 4 N–H and O–H groups in total. The number of amides is 2. The average Bonchev–Trinajstić information content (AvgIpc) is 2.44. The van der Waals surface area contributed by atoms with Crippen molar-refractivity contribution in [3.8, 4) is 5.75 Å². The van der Waals surface area contributed by atoms with Gasteiger partial charge in [0.2, 0.25) is 5.91 Å². The molecule has 2 rings (SSSR count). The average molecular weight is 277 g/mol. The first-order valence-corrected chi connectivity index (χ1v) is 6.73. The Hall–Kier alpha value is -2.08. The van der Waals surface area contributed by atoms with Gasteiger partial charge in [0, 0.05) is 5.69 Å². The maximum absolute atomic E-state index is 11.9. The highest BCUT2D eigenvalue weighted by Gasteiger charge is 2.17. The van der Waals surface area contributed by atoms with Gasteiger partial charge in [-0.2, -0.15) is 0 Å². The van der Waals surface area contributed by atoms with Gasteiger partial charge >= 0.3 is 0 Å². The molecule has 1 atom stereocenters. The first-order chi connectivity index (χ1) is 9.60. The fraction of sp³-hybridized carbons (Fsp3) is 0.429. The van der Waals surface area contributed by atoms with Gasteiger partial charge in [-0.25, -0.2) is 0 Å². The van der Waals surface area contributed by atoms with E-state index in [9.17, 15) is 9.59 Å². The maximum atomic E-state index is 11.9. The van der Waals surface area contributed by atoms with Crippen molar-refractivity contribution in [3.63, 3.8) is 0 Å². The van der Waals surface area contributed by atoms with E-state index in [1.165, 1.54) is 0 Å². The van der Waals surface area contributed by atoms with Gasteiger partial charge in [-0.05, 0) is 24.6 Å². The lowest BCUT2D eigenvalue weighted by Gasteiger charge is -2.19. The van der Waals surface area contributed by atoms with E-state index in [-0.39, 0.29) is 18.4 Å². The third-order valence-electron chi connectivity index (χ3n) is 3.09. The second-order valence-corrected chi connectivity index (χ2v) is 4.79. The molecule has 2 amide bonds. The zero-order chi connectivity index (χ0) is 14.5. The predicted octanol–water partition coefficient (Wildman–Crippen LogP) is 1.47. The first-order valence-electron chi connectivity index (χ1n) is 6.73. The highest BCUT2D eigenvalue weighted by atomic mass is 16.5. The van der Waals surface area contributed by atoms with E-state index in [1.807, 2.05) is 0 Å². The summed E-state index contributed by atoms with van der Waals surface area (Å²) < 4.78 is 5.25. The van der Waals surface area contributed by atoms with Gasteiger partial charge in [-0.1, -0.05) is 19.8 Å². The Kier molecular flexibility index (Phi) is 4.57. The van der Waals surface area contributed by atoms with Crippen LogP contribution in [0.1, 0.15) is 26.2 Å². The molecule has 0 aliphatic carbocycles. The Morgan fingerprint density at radius 3 is 3.10 bits per heavy atom. The molecule has 0 fully saturated rings. The normalized spacial score (nSPS) is 14.8. The Morgan fingerprint density at radius 2 is 2.35 bits per heavy atom. The molecule has 0 radical (unpaired) electrons. The zero-order valence-corrected chi connectivity index (χ0v) is 11.4. The van der Waals surface area contributed by atoms with Crippen LogP contribution in [0.15, 0.2) is 18.2 Å². The van der Waals surface area contributed by atoms with Crippen molar-refractivity contribution < 1.29 is 14.3 Å². The number of carbonyl (C=O) groups is 2. The molecule has 20 heavy (non-hydrogen) atoms. The van der Waals surface area contributed by atoms with Crippen LogP contribution in [-0.2, 0) is 9.59 Å². The van der Waals surface area contributed by atoms with Crippen molar-refractivity contribution in [2.75, 3.05) is 17.2 Å². The van der Waals surface area contributed by atoms with Crippen LogP contribution >= 0.6 is 0 Å². The Labute approximate surface area is 117 Å². The molecule has 1 aromatic carbocycles. The summed E-state index contributed by atoms with van der Waals surface area (Å²) >= 11 is 0. The van der Waals surface area contributed by atoms with Crippen molar-refractivity contribution in [2.45, 2.75) is 32.2 Å². The number of hydrogen-bond acceptors (Lipinski definition) is 4. The van der Waals surface area contributed by atoms with Crippen LogP contribution in [0.5, 0.6) is 5.75 Å². The van der Waals surface area contributed by atoms with Gasteiger partial charge in [0.25, 0.3) is 5.91 Å². The molecule has 1 aliphatic heterocycles. The van der Waals surface area contributed by atoms with Crippen LogP contribution in [0.25, 0.3) is 0 Å². The Morgan fingerprint density at radius 1 is 1.55 bits per heavy atom. The van der Waals surface area contributed by atoms with Crippen molar-refractivity contribution in [1.29, 1.82) is 0 Å². The van der Waals surface area contributed by atoms with E-state index < -0.39 is 6.04 Å². The van der Waals surface area contributed by atoms with E-state index in [0.717, 1.165) is 12.8 Å². The second kappa shape index (κ2) is 6.38. The predicted molar refractivity (Wildman–Crippen MR) is 76.7 cm³/mol. The van der Waals surface area contributed by atoms with Crippen LogP contribution in [0.3, 0.4) is 0 Å². The minimum atomic E-state index is -0.517. The fourth-order valence-corrected chi connectivity index (χ4v) is 1.95. The van der Waals surface area contributed by atoms with Crippen molar-refractivity contribution in [2.24, 2.45) is 5.73 Å². The quantitative estimate of drug-likeness (QED) is 0.759. The molecule has 1 aliphatic rings. The number of unbranched alkanes of at least 4 members (excludes halogenated alkanes) is 1. The van der Waals surface area contributed by atoms with Crippen LogP contribution in [0.4, 0.5) is 11.4 Å². The third-order valence-corrected chi connectivity index (χ3v) is 3.09. The van der Waals surface area contributed by atoms with E-state index in [2.05, 4.69) is 17.6 Å². The lowest BCUT2D eigenvalue weighted by Crippen LogP contribution is -2.35. The number of benzene rings is 1. The highest BCUT2D eigenvalue weighted by molar-refractivity contribution is 5.98. The van der Waals surface area contributed by atoms with Crippen LogP contribution in [-0.4, -0.2) is 24.5 Å². The van der Waals surface area contributed by atoms with Crippen LogP contribution in [0.2, 0.25) is 0 Å². The number of carbonyl (C=O) groups excluding carboxylic acids is 2. The topological polar surface area (TPSA) is 93.5 Å². The minimum Gasteiger partial charge on any atom is -0.482 e. The standard InChI is InChI=1S/C14H19N3O3/c1-2-3-4-10(15)14(19)16-9-5-6-12-11(7-9)17-13(18)8-20-12/h5-7,10H,2-4,8,15H2,1H3,(H,16,19)(H,17,18)/t10-/m0/s1. The molecule has 1 heterocycles. The molecule has 0 spiro atoms. The van der Waals surface area contributed by atoms with E-state index in [4.69, 9.17) is 10.5 Å². The Bertz CT molecular complexity index is 516. The summed E-state index contributed by atoms with van der Waals surface area (Å²) in [6.45, 7) is 2.07. The lowest BCUT2D eigenvalue weighted by molar-refractivity contribution is -0.119. The van der Waals surface area contributed by atoms with Gasteiger partial charge in [0.1, 0.15) is 5.75 Å². The summed E-state index contributed by atoms with van der Waals surface area (Å²) in [5.74, 6) is 0.167. The number of fused-ring (bicyclic) bond motifs is 1. The summed E-state index contributed by atoms with van der Waals surface area (Å²) in [6.07, 6.45) is 2.58. The monoisotopic (exact) mass is 277 g/mol. The van der Waals surface area contributed by atoms with Gasteiger partial charge in [-0.15, -0.1) is 0 Å². The van der Waals surface area contributed by atoms with Crippen molar-refractivity contribution in [3.05, 3.63) is 18.2 Å². The lowest BCUT2D eigenvalue weighted by atomic mass is 10.1. The minimum absolute atomic E-state index is 0.0145. The summed E-state index contributed by atoms with van der Waals surface area (Å²) in [5.41, 5.74) is 6.95. The SMILES string of the molecule is CCCC[C@H](N)C(=O)Nc1ccc2c(c1)NC(=O)CO2. The zero-order valence-electron chi connectivity index (χ0n) is 11.4. The largest absolute Gasteiger partial charge is 0.482 e. The summed E-state index contributed by atoms with van der Waals surface area (Å²) in [6, 6.07) is 4.58. The van der Waals surface area contributed by atoms with Crippen molar-refractivity contribution >= 4 is 23.2 Å². The van der Waals surface area contributed by atoms with Gasteiger partial charge in [0.05, 0.1) is 11.7 Å². The molecule has 0 bridgehead atoms.